The van der Waals surface area contributed by atoms with Crippen molar-refractivity contribution >= 4 is 5.71 Å². The Hall–Kier alpha value is -1.00. The van der Waals surface area contributed by atoms with E-state index < -0.39 is 12.7 Å². The lowest BCUT2D eigenvalue weighted by atomic mass is 10.2. The van der Waals surface area contributed by atoms with Gasteiger partial charge in [-0.2, -0.15) is 18.3 Å². The Morgan fingerprint density at radius 2 is 1.85 bits per heavy atom. The Bertz CT molecular complexity index is 218. The van der Waals surface area contributed by atoms with Gasteiger partial charge in [0.25, 0.3) is 0 Å². The minimum atomic E-state index is -4.21. The number of halogens is 3. The molecule has 0 unspecified atom stereocenters. The Morgan fingerprint density at radius 1 is 1.38 bits per heavy atom. The van der Waals surface area contributed by atoms with Crippen molar-refractivity contribution in [3.05, 3.63) is 12.2 Å². The van der Waals surface area contributed by atoms with Crippen molar-refractivity contribution in [1.29, 1.82) is 0 Å². The molecule has 0 aliphatic rings. The third-order valence-electron chi connectivity index (χ3n) is 1.35. The van der Waals surface area contributed by atoms with Crippen LogP contribution in [0, 0.1) is 0 Å². The first-order valence-corrected chi connectivity index (χ1v) is 3.71. The van der Waals surface area contributed by atoms with E-state index in [-0.39, 0.29) is 0 Å². The van der Waals surface area contributed by atoms with E-state index in [1.54, 1.807) is 13.8 Å². The smallest absolute Gasteiger partial charge is 0.291 e. The van der Waals surface area contributed by atoms with E-state index in [2.05, 4.69) is 11.7 Å². The van der Waals surface area contributed by atoms with Gasteiger partial charge < -0.3 is 0 Å². The van der Waals surface area contributed by atoms with Gasteiger partial charge in [-0.15, -0.1) is 0 Å². The van der Waals surface area contributed by atoms with Crippen LogP contribution in [0.25, 0.3) is 0 Å². The van der Waals surface area contributed by atoms with Crippen LogP contribution >= 0.6 is 0 Å². The summed E-state index contributed by atoms with van der Waals surface area (Å²) in [5.41, 5.74) is 1.17. The standard InChI is InChI=1S/C8H13F3N2/c1-6(2)7(3)12-13(4)5-8(9,10)11/h1,5H2,2-4H3/b12-7-. The lowest BCUT2D eigenvalue weighted by Gasteiger charge is -2.16. The van der Waals surface area contributed by atoms with Crippen molar-refractivity contribution in [1.82, 2.24) is 5.01 Å². The molecule has 0 rings (SSSR count). The molecule has 0 atom stereocenters. The molecule has 13 heavy (non-hydrogen) atoms. The number of hydrogen-bond acceptors (Lipinski definition) is 2. The van der Waals surface area contributed by atoms with Crippen LogP contribution in [0.3, 0.4) is 0 Å². The quantitative estimate of drug-likeness (QED) is 0.497. The minimum Gasteiger partial charge on any atom is -0.291 e. The monoisotopic (exact) mass is 194 g/mol. The van der Waals surface area contributed by atoms with E-state index in [0.29, 0.717) is 11.3 Å². The van der Waals surface area contributed by atoms with Crippen molar-refractivity contribution in [2.24, 2.45) is 5.10 Å². The Morgan fingerprint density at radius 3 is 2.15 bits per heavy atom. The fourth-order valence-electron chi connectivity index (χ4n) is 0.636. The molecule has 0 aromatic carbocycles. The minimum absolute atomic E-state index is 0.506. The molecule has 0 aromatic heterocycles. The summed E-state index contributed by atoms with van der Waals surface area (Å²) in [5.74, 6) is 0. The van der Waals surface area contributed by atoms with Crippen molar-refractivity contribution in [3.63, 3.8) is 0 Å². The molecule has 0 heterocycles. The predicted molar refractivity (Wildman–Crippen MR) is 46.6 cm³/mol. The van der Waals surface area contributed by atoms with Crippen LogP contribution in [0.5, 0.6) is 0 Å². The van der Waals surface area contributed by atoms with Crippen LogP contribution in [0.1, 0.15) is 13.8 Å². The molecule has 0 radical (unpaired) electrons. The summed E-state index contributed by atoms with van der Waals surface area (Å²) in [6, 6.07) is 0. The first-order chi connectivity index (χ1) is 5.72. The van der Waals surface area contributed by atoms with Crippen LogP contribution < -0.4 is 0 Å². The number of hydrogen-bond donors (Lipinski definition) is 0. The number of hydrazone groups is 1. The van der Waals surface area contributed by atoms with Gasteiger partial charge >= 0.3 is 6.18 Å². The van der Waals surface area contributed by atoms with E-state index in [4.69, 9.17) is 0 Å². The summed E-state index contributed by atoms with van der Waals surface area (Å²) < 4.78 is 35.5. The van der Waals surface area contributed by atoms with Crippen LogP contribution in [-0.2, 0) is 0 Å². The maximum absolute atomic E-state index is 11.8. The van der Waals surface area contributed by atoms with Crippen LogP contribution in [0.2, 0.25) is 0 Å². The van der Waals surface area contributed by atoms with E-state index in [0.717, 1.165) is 5.01 Å². The lowest BCUT2D eigenvalue weighted by Crippen LogP contribution is -2.28. The van der Waals surface area contributed by atoms with Crippen LogP contribution in [0.4, 0.5) is 13.2 Å². The Kier molecular flexibility index (Phi) is 3.97. The molecule has 5 heteroatoms. The average Bonchev–Trinajstić information content (AvgIpc) is 1.81. The highest BCUT2D eigenvalue weighted by atomic mass is 19.4. The number of rotatable bonds is 3. The van der Waals surface area contributed by atoms with Crippen LogP contribution in [0.15, 0.2) is 17.3 Å². The van der Waals surface area contributed by atoms with Gasteiger partial charge in [-0.1, -0.05) is 6.58 Å². The van der Waals surface area contributed by atoms with Gasteiger partial charge in [0.1, 0.15) is 6.54 Å². The number of nitrogens with zero attached hydrogens (tertiary/aromatic N) is 2. The second-order valence-corrected chi connectivity index (χ2v) is 2.90. The fraction of sp³-hybridized carbons (Fsp3) is 0.625. The Balaban J connectivity index is 4.23. The lowest BCUT2D eigenvalue weighted by molar-refractivity contribution is -0.142. The summed E-state index contributed by atoms with van der Waals surface area (Å²) in [7, 11) is 1.28. The third kappa shape index (κ3) is 6.19. The Labute approximate surface area is 75.7 Å². The largest absolute Gasteiger partial charge is 0.407 e. The van der Waals surface area contributed by atoms with Gasteiger partial charge in [0.05, 0.1) is 5.71 Å². The fourth-order valence-corrected chi connectivity index (χ4v) is 0.636. The molecule has 0 saturated heterocycles. The second-order valence-electron chi connectivity index (χ2n) is 2.90. The van der Waals surface area contributed by atoms with Crippen molar-refractivity contribution in [3.8, 4) is 0 Å². The molecule has 0 bridgehead atoms. The molecule has 0 saturated carbocycles. The number of allylic oxidation sites excluding steroid dienone is 1. The molecular formula is C8H13F3N2. The van der Waals surface area contributed by atoms with E-state index in [1.807, 2.05) is 0 Å². The highest BCUT2D eigenvalue weighted by Crippen LogP contribution is 2.15. The zero-order chi connectivity index (χ0) is 10.6. The molecule has 76 valence electrons. The highest BCUT2D eigenvalue weighted by Gasteiger charge is 2.29. The average molecular weight is 194 g/mol. The predicted octanol–water partition coefficient (Wildman–Crippen LogP) is 2.43. The molecule has 0 N–H and O–H groups in total. The van der Waals surface area contributed by atoms with Crippen molar-refractivity contribution < 1.29 is 13.2 Å². The summed E-state index contributed by atoms with van der Waals surface area (Å²) in [6.45, 7) is 5.84. The van der Waals surface area contributed by atoms with Crippen LogP contribution in [-0.4, -0.2) is 30.5 Å². The van der Waals surface area contributed by atoms with Gasteiger partial charge in [0, 0.05) is 7.05 Å². The molecule has 0 aromatic rings. The number of alkyl halides is 3. The SMILES string of the molecule is C=C(C)/C(C)=N\N(C)CC(F)(F)F. The molecular weight excluding hydrogens is 181 g/mol. The second kappa shape index (κ2) is 4.30. The first-order valence-electron chi connectivity index (χ1n) is 3.71. The first kappa shape index (κ1) is 12.0. The molecule has 0 aliphatic heterocycles. The highest BCUT2D eigenvalue weighted by molar-refractivity contribution is 5.96. The van der Waals surface area contributed by atoms with E-state index in [1.165, 1.54) is 7.05 Å². The molecule has 0 spiro atoms. The zero-order valence-electron chi connectivity index (χ0n) is 7.94. The van der Waals surface area contributed by atoms with E-state index >= 15 is 0 Å². The molecule has 0 amide bonds. The van der Waals surface area contributed by atoms with Gasteiger partial charge in [0.2, 0.25) is 0 Å². The summed E-state index contributed by atoms with van der Waals surface area (Å²) >= 11 is 0. The summed E-state index contributed by atoms with van der Waals surface area (Å²) in [5, 5.41) is 4.54. The van der Waals surface area contributed by atoms with Gasteiger partial charge in [-0.25, -0.2) is 0 Å². The molecule has 2 nitrogen and oxygen atoms in total. The molecule has 0 aliphatic carbocycles. The van der Waals surface area contributed by atoms with Gasteiger partial charge in [-0.05, 0) is 19.4 Å². The van der Waals surface area contributed by atoms with Crippen molar-refractivity contribution in [2.45, 2.75) is 20.0 Å². The zero-order valence-corrected chi connectivity index (χ0v) is 7.94. The summed E-state index contributed by atoms with van der Waals surface area (Å²) in [4.78, 5) is 0. The molecule has 0 fully saturated rings. The normalized spacial score (nSPS) is 12.9. The summed E-state index contributed by atoms with van der Waals surface area (Å²) in [6.07, 6.45) is -4.21. The van der Waals surface area contributed by atoms with Gasteiger partial charge in [0.15, 0.2) is 0 Å². The third-order valence-corrected chi connectivity index (χ3v) is 1.35. The van der Waals surface area contributed by atoms with Gasteiger partial charge in [-0.3, -0.25) is 5.01 Å². The topological polar surface area (TPSA) is 15.6 Å². The maximum atomic E-state index is 11.8. The van der Waals surface area contributed by atoms with Crippen molar-refractivity contribution in [2.75, 3.05) is 13.6 Å². The maximum Gasteiger partial charge on any atom is 0.407 e. The van der Waals surface area contributed by atoms with E-state index in [9.17, 15) is 13.2 Å².